The molecule has 1 amide bonds. The number of phenols is 1. The standard InChI is InChI=1S/C17H18BrNO3S2/c1-22-13-8-10(7-12(18)15(13)20)9-14-16(21)19(17(23)24-14)11-5-3-2-4-6-11/h7-9,11,20H,2-6H2,1H3/b14-9-. The Labute approximate surface area is 159 Å². The van der Waals surface area contributed by atoms with E-state index < -0.39 is 0 Å². The number of ether oxygens (including phenoxy) is 1. The lowest BCUT2D eigenvalue weighted by atomic mass is 9.94. The van der Waals surface area contributed by atoms with Gasteiger partial charge in [-0.2, -0.15) is 0 Å². The molecule has 128 valence electrons. The summed E-state index contributed by atoms with van der Waals surface area (Å²) in [7, 11) is 1.49. The van der Waals surface area contributed by atoms with Crippen LogP contribution in [-0.2, 0) is 4.79 Å². The summed E-state index contributed by atoms with van der Waals surface area (Å²) in [5.74, 6) is 0.392. The van der Waals surface area contributed by atoms with Crippen molar-refractivity contribution in [1.82, 2.24) is 4.90 Å². The van der Waals surface area contributed by atoms with E-state index in [0.717, 1.165) is 31.2 Å². The summed E-state index contributed by atoms with van der Waals surface area (Å²) in [6.45, 7) is 0. The summed E-state index contributed by atoms with van der Waals surface area (Å²) in [6.07, 6.45) is 7.40. The first-order valence-corrected chi connectivity index (χ1v) is 9.86. The topological polar surface area (TPSA) is 49.8 Å². The van der Waals surface area contributed by atoms with Gasteiger partial charge in [-0.3, -0.25) is 9.69 Å². The highest BCUT2D eigenvalue weighted by Gasteiger charge is 2.37. The number of phenolic OH excluding ortho intramolecular Hbond substituents is 1. The third-order valence-corrected chi connectivity index (χ3v) is 6.27. The summed E-state index contributed by atoms with van der Waals surface area (Å²) in [5.41, 5.74) is 0.778. The van der Waals surface area contributed by atoms with Crippen molar-refractivity contribution in [2.24, 2.45) is 0 Å². The zero-order valence-corrected chi connectivity index (χ0v) is 16.5. The van der Waals surface area contributed by atoms with Crippen LogP contribution in [0.25, 0.3) is 6.08 Å². The van der Waals surface area contributed by atoms with Gasteiger partial charge in [0.1, 0.15) is 4.32 Å². The molecule has 3 rings (SSSR count). The maximum atomic E-state index is 12.8. The number of thioether (sulfide) groups is 1. The van der Waals surface area contributed by atoms with E-state index in [1.165, 1.54) is 25.3 Å². The molecule has 2 aliphatic rings. The Bertz CT molecular complexity index is 714. The Kier molecular flexibility index (Phi) is 5.52. The smallest absolute Gasteiger partial charge is 0.266 e. The third-order valence-electron chi connectivity index (χ3n) is 4.33. The number of hydrogen-bond acceptors (Lipinski definition) is 5. The van der Waals surface area contributed by atoms with Crippen LogP contribution in [0.4, 0.5) is 0 Å². The molecule has 1 aliphatic carbocycles. The monoisotopic (exact) mass is 427 g/mol. The number of thiocarbonyl (C=S) groups is 1. The molecular formula is C17H18BrNO3S2. The van der Waals surface area contributed by atoms with Gasteiger partial charge in [0.15, 0.2) is 11.5 Å². The Morgan fingerprint density at radius 1 is 1.38 bits per heavy atom. The van der Waals surface area contributed by atoms with Crippen LogP contribution < -0.4 is 4.74 Å². The number of carbonyl (C=O) groups is 1. The van der Waals surface area contributed by atoms with Gasteiger partial charge in [-0.15, -0.1) is 0 Å². The summed E-state index contributed by atoms with van der Waals surface area (Å²) >= 11 is 10.1. The second-order valence-corrected chi connectivity index (χ2v) is 8.43. The zero-order valence-electron chi connectivity index (χ0n) is 13.3. The zero-order chi connectivity index (χ0) is 17.3. The van der Waals surface area contributed by atoms with Crippen LogP contribution >= 0.6 is 39.9 Å². The van der Waals surface area contributed by atoms with Gasteiger partial charge in [0, 0.05) is 6.04 Å². The van der Waals surface area contributed by atoms with Crippen LogP contribution in [-0.4, -0.2) is 33.4 Å². The van der Waals surface area contributed by atoms with Gasteiger partial charge in [-0.05, 0) is 52.5 Å². The fourth-order valence-corrected chi connectivity index (χ4v) is 4.98. The number of halogens is 1. The van der Waals surface area contributed by atoms with Crippen LogP contribution in [0.3, 0.4) is 0 Å². The van der Waals surface area contributed by atoms with Crippen molar-refractivity contribution in [3.63, 3.8) is 0 Å². The predicted molar refractivity (Wildman–Crippen MR) is 104 cm³/mol. The van der Waals surface area contributed by atoms with Gasteiger partial charge in [-0.1, -0.05) is 43.2 Å². The molecule has 1 aliphatic heterocycles. The first-order chi connectivity index (χ1) is 11.5. The van der Waals surface area contributed by atoms with Crippen LogP contribution in [0.2, 0.25) is 0 Å². The Hall–Kier alpha value is -1.05. The number of nitrogens with zero attached hydrogens (tertiary/aromatic N) is 1. The summed E-state index contributed by atoms with van der Waals surface area (Å²) in [4.78, 5) is 15.2. The second-order valence-electron chi connectivity index (χ2n) is 5.90. The lowest BCUT2D eigenvalue weighted by Gasteiger charge is -2.29. The maximum absolute atomic E-state index is 12.8. The quantitative estimate of drug-likeness (QED) is 0.559. The molecule has 0 radical (unpaired) electrons. The Balaban J connectivity index is 1.87. The molecule has 2 fully saturated rings. The molecule has 1 aromatic carbocycles. The van der Waals surface area contributed by atoms with Crippen molar-refractivity contribution < 1.29 is 14.6 Å². The van der Waals surface area contributed by atoms with E-state index in [-0.39, 0.29) is 17.7 Å². The lowest BCUT2D eigenvalue weighted by molar-refractivity contribution is -0.124. The minimum Gasteiger partial charge on any atom is -0.503 e. The molecule has 0 bridgehead atoms. The van der Waals surface area contributed by atoms with E-state index in [2.05, 4.69) is 15.9 Å². The predicted octanol–water partition coefficient (Wildman–Crippen LogP) is 4.70. The van der Waals surface area contributed by atoms with Crippen molar-refractivity contribution in [3.05, 3.63) is 27.1 Å². The maximum Gasteiger partial charge on any atom is 0.266 e. The number of amides is 1. The first-order valence-electron chi connectivity index (χ1n) is 7.85. The molecule has 24 heavy (non-hydrogen) atoms. The Morgan fingerprint density at radius 2 is 2.08 bits per heavy atom. The highest BCUT2D eigenvalue weighted by Crippen LogP contribution is 2.40. The molecule has 1 saturated heterocycles. The van der Waals surface area contributed by atoms with Gasteiger partial charge >= 0.3 is 0 Å². The lowest BCUT2D eigenvalue weighted by Crippen LogP contribution is -2.39. The molecule has 7 heteroatoms. The van der Waals surface area contributed by atoms with Gasteiger partial charge in [-0.25, -0.2) is 0 Å². The van der Waals surface area contributed by atoms with Crippen LogP contribution in [0.5, 0.6) is 11.5 Å². The third kappa shape index (κ3) is 3.48. The molecule has 1 saturated carbocycles. The average molecular weight is 428 g/mol. The van der Waals surface area contributed by atoms with Gasteiger partial charge in [0.05, 0.1) is 16.5 Å². The molecule has 1 heterocycles. The summed E-state index contributed by atoms with van der Waals surface area (Å²) < 4.78 is 6.32. The van der Waals surface area contributed by atoms with E-state index in [1.807, 2.05) is 0 Å². The summed E-state index contributed by atoms with van der Waals surface area (Å²) in [5, 5.41) is 9.90. The van der Waals surface area contributed by atoms with Crippen molar-refractivity contribution in [2.45, 2.75) is 38.1 Å². The molecule has 0 spiro atoms. The van der Waals surface area contributed by atoms with Crippen molar-refractivity contribution >= 4 is 56.2 Å². The molecule has 1 aromatic rings. The molecule has 0 unspecified atom stereocenters. The van der Waals surface area contributed by atoms with Crippen LogP contribution in [0, 0.1) is 0 Å². The normalized spacial score (nSPS) is 20.9. The van der Waals surface area contributed by atoms with Crippen molar-refractivity contribution in [3.8, 4) is 11.5 Å². The van der Waals surface area contributed by atoms with E-state index in [0.29, 0.717) is 19.4 Å². The number of carbonyl (C=O) groups excluding carboxylic acids is 1. The number of aromatic hydroxyl groups is 1. The van der Waals surface area contributed by atoms with Crippen LogP contribution in [0.1, 0.15) is 37.7 Å². The highest BCUT2D eigenvalue weighted by molar-refractivity contribution is 9.10. The van der Waals surface area contributed by atoms with E-state index >= 15 is 0 Å². The first kappa shape index (κ1) is 17.8. The fourth-order valence-electron chi connectivity index (χ4n) is 3.12. The van der Waals surface area contributed by atoms with Gasteiger partial charge < -0.3 is 9.84 Å². The average Bonchev–Trinajstić information content (AvgIpc) is 2.85. The Morgan fingerprint density at radius 3 is 2.75 bits per heavy atom. The van der Waals surface area contributed by atoms with E-state index in [9.17, 15) is 9.90 Å². The SMILES string of the molecule is COc1cc(/C=C2\SC(=S)N(C3CCCCC3)C2=O)cc(Br)c1O. The largest absolute Gasteiger partial charge is 0.503 e. The molecular weight excluding hydrogens is 410 g/mol. The number of hydrogen-bond donors (Lipinski definition) is 1. The minimum atomic E-state index is -0.0138. The molecule has 0 aromatic heterocycles. The summed E-state index contributed by atoms with van der Waals surface area (Å²) in [6, 6.07) is 3.69. The van der Waals surface area contributed by atoms with E-state index in [4.69, 9.17) is 17.0 Å². The number of benzene rings is 1. The second kappa shape index (κ2) is 7.45. The van der Waals surface area contributed by atoms with Crippen molar-refractivity contribution in [1.29, 1.82) is 0 Å². The number of methoxy groups -OCH3 is 1. The van der Waals surface area contributed by atoms with Gasteiger partial charge in [0.25, 0.3) is 5.91 Å². The molecule has 4 nitrogen and oxygen atoms in total. The van der Waals surface area contributed by atoms with Gasteiger partial charge in [0.2, 0.25) is 0 Å². The highest BCUT2D eigenvalue weighted by atomic mass is 79.9. The fraction of sp³-hybridized carbons (Fsp3) is 0.412. The van der Waals surface area contributed by atoms with E-state index in [1.54, 1.807) is 23.1 Å². The minimum absolute atomic E-state index is 0.0138. The molecule has 0 atom stereocenters. The molecule has 1 N–H and O–H groups in total. The van der Waals surface area contributed by atoms with Crippen molar-refractivity contribution in [2.75, 3.05) is 7.11 Å². The van der Waals surface area contributed by atoms with Crippen LogP contribution in [0.15, 0.2) is 21.5 Å². The number of rotatable bonds is 3.